The van der Waals surface area contributed by atoms with Gasteiger partial charge in [-0.15, -0.1) is 5.11 Å². The van der Waals surface area contributed by atoms with Gasteiger partial charge >= 0.3 is 0 Å². The molecule has 0 N–H and O–H groups in total. The van der Waals surface area contributed by atoms with Crippen LogP contribution in [0.3, 0.4) is 0 Å². The van der Waals surface area contributed by atoms with E-state index in [9.17, 15) is 10.1 Å². The molecule has 0 amide bonds. The Morgan fingerprint density at radius 2 is 1.95 bits per heavy atom. The Morgan fingerprint density at radius 1 is 1.15 bits per heavy atom. The quantitative estimate of drug-likeness (QED) is 0.471. The maximum absolute atomic E-state index is 10.7. The molecule has 20 heavy (non-hydrogen) atoms. The Labute approximate surface area is 115 Å². The van der Waals surface area contributed by atoms with Gasteiger partial charge in [0.1, 0.15) is 11.4 Å². The highest BCUT2D eigenvalue weighted by molar-refractivity contribution is 5.53. The molecule has 0 saturated carbocycles. The van der Waals surface area contributed by atoms with E-state index in [4.69, 9.17) is 4.74 Å². The van der Waals surface area contributed by atoms with E-state index in [2.05, 4.69) is 10.2 Å². The number of rotatable bonds is 4. The maximum atomic E-state index is 10.7. The summed E-state index contributed by atoms with van der Waals surface area (Å²) in [6, 6.07) is 11.5. The Bertz CT molecular complexity index is 668. The number of aryl methyl sites for hydroxylation is 1. The first kappa shape index (κ1) is 13.7. The van der Waals surface area contributed by atoms with Gasteiger partial charge in [0.15, 0.2) is 0 Å². The molecule has 0 unspecified atom stereocenters. The number of nitro benzene ring substituents is 1. The molecule has 0 spiro atoms. The van der Waals surface area contributed by atoms with Gasteiger partial charge in [0, 0.05) is 12.1 Å². The molecular weight excluding hydrogens is 258 g/mol. The molecular formula is C14H13N3O3. The third-order valence-electron chi connectivity index (χ3n) is 2.65. The molecule has 0 saturated heterocycles. The average molecular weight is 271 g/mol. The number of non-ortho nitro benzene ring substituents is 1. The van der Waals surface area contributed by atoms with Gasteiger partial charge in [0.2, 0.25) is 0 Å². The van der Waals surface area contributed by atoms with Crippen LogP contribution in [0.15, 0.2) is 52.7 Å². The summed E-state index contributed by atoms with van der Waals surface area (Å²) >= 11 is 0. The molecule has 0 aliphatic rings. The van der Waals surface area contributed by atoms with Crippen LogP contribution in [0.5, 0.6) is 5.75 Å². The van der Waals surface area contributed by atoms with Crippen LogP contribution in [0.1, 0.15) is 5.56 Å². The largest absolute Gasteiger partial charge is 0.494 e. The minimum absolute atomic E-state index is 0.0164. The van der Waals surface area contributed by atoms with Crippen LogP contribution in [0.2, 0.25) is 0 Å². The number of ether oxygens (including phenoxy) is 1. The van der Waals surface area contributed by atoms with Crippen LogP contribution in [0, 0.1) is 17.0 Å². The summed E-state index contributed by atoms with van der Waals surface area (Å²) in [7, 11) is 1.56. The van der Waals surface area contributed by atoms with Crippen LogP contribution in [0.25, 0.3) is 0 Å². The van der Waals surface area contributed by atoms with Crippen LogP contribution in [0.4, 0.5) is 17.1 Å². The van der Waals surface area contributed by atoms with Crippen molar-refractivity contribution in [2.75, 3.05) is 7.11 Å². The second kappa shape index (κ2) is 5.92. The summed E-state index contributed by atoms with van der Waals surface area (Å²) in [5.74, 6) is 0.610. The van der Waals surface area contributed by atoms with E-state index < -0.39 is 4.92 Å². The number of nitro groups is 1. The van der Waals surface area contributed by atoms with Gasteiger partial charge in [-0.25, -0.2) is 0 Å². The molecule has 0 heterocycles. The monoisotopic (exact) mass is 271 g/mol. The highest BCUT2D eigenvalue weighted by Gasteiger charge is 2.05. The fraction of sp³-hybridized carbons (Fsp3) is 0.143. The number of azo groups is 1. The van der Waals surface area contributed by atoms with Gasteiger partial charge in [-0.1, -0.05) is 12.1 Å². The van der Waals surface area contributed by atoms with Crippen LogP contribution >= 0.6 is 0 Å². The van der Waals surface area contributed by atoms with Crippen LogP contribution in [-0.2, 0) is 0 Å². The van der Waals surface area contributed by atoms with E-state index in [1.807, 2.05) is 19.1 Å². The molecule has 2 rings (SSSR count). The summed E-state index contributed by atoms with van der Waals surface area (Å²) in [5, 5.41) is 18.7. The minimum Gasteiger partial charge on any atom is -0.494 e. The standard InChI is InChI=1S/C14H13N3O3/c1-10-6-7-13(14(8-10)20-2)16-15-11-4-3-5-12(9-11)17(18)19/h3-9H,1-2H3. The lowest BCUT2D eigenvalue weighted by Crippen LogP contribution is -1.86. The minimum atomic E-state index is -0.467. The van der Waals surface area contributed by atoms with Gasteiger partial charge in [-0.05, 0) is 30.7 Å². The second-order valence-electron chi connectivity index (χ2n) is 4.15. The lowest BCUT2D eigenvalue weighted by atomic mass is 10.2. The average Bonchev–Trinajstić information content (AvgIpc) is 2.46. The molecule has 0 aliphatic heterocycles. The Kier molecular flexibility index (Phi) is 4.05. The zero-order chi connectivity index (χ0) is 14.5. The highest BCUT2D eigenvalue weighted by Crippen LogP contribution is 2.30. The number of methoxy groups -OCH3 is 1. The van der Waals surface area contributed by atoms with Gasteiger partial charge in [0.25, 0.3) is 5.69 Å². The molecule has 102 valence electrons. The Balaban J connectivity index is 2.29. The van der Waals surface area contributed by atoms with Crippen molar-refractivity contribution in [2.24, 2.45) is 10.2 Å². The first-order valence-electron chi connectivity index (χ1n) is 5.91. The molecule has 0 atom stereocenters. The third kappa shape index (κ3) is 3.17. The molecule has 2 aromatic rings. The van der Waals surface area contributed by atoms with Gasteiger partial charge < -0.3 is 4.74 Å². The third-order valence-corrected chi connectivity index (χ3v) is 2.65. The molecule has 0 radical (unpaired) electrons. The first-order chi connectivity index (χ1) is 9.60. The number of hydrogen-bond acceptors (Lipinski definition) is 5. The van der Waals surface area contributed by atoms with Crippen molar-refractivity contribution in [2.45, 2.75) is 6.92 Å². The van der Waals surface area contributed by atoms with Gasteiger partial charge in [-0.3, -0.25) is 10.1 Å². The summed E-state index contributed by atoms with van der Waals surface area (Å²) in [5.41, 5.74) is 2.03. The predicted molar refractivity (Wildman–Crippen MR) is 75.0 cm³/mol. The highest BCUT2D eigenvalue weighted by atomic mass is 16.6. The first-order valence-corrected chi connectivity index (χ1v) is 5.91. The smallest absolute Gasteiger partial charge is 0.271 e. The van der Waals surface area contributed by atoms with E-state index >= 15 is 0 Å². The molecule has 6 nitrogen and oxygen atoms in total. The molecule has 0 aliphatic carbocycles. The summed E-state index contributed by atoms with van der Waals surface area (Å²) in [4.78, 5) is 10.2. The van der Waals surface area contributed by atoms with Crippen molar-refractivity contribution in [1.82, 2.24) is 0 Å². The normalized spacial score (nSPS) is 10.7. The molecule has 6 heteroatoms. The van der Waals surface area contributed by atoms with Crippen LogP contribution in [-0.4, -0.2) is 12.0 Å². The Morgan fingerprint density at radius 3 is 2.65 bits per heavy atom. The SMILES string of the molecule is COc1cc(C)ccc1N=Nc1cccc([N+](=O)[O-])c1. The fourth-order valence-electron chi connectivity index (χ4n) is 1.65. The second-order valence-corrected chi connectivity index (χ2v) is 4.15. The van der Waals surface area contributed by atoms with E-state index in [0.29, 0.717) is 17.1 Å². The zero-order valence-corrected chi connectivity index (χ0v) is 11.1. The van der Waals surface area contributed by atoms with Crippen molar-refractivity contribution in [1.29, 1.82) is 0 Å². The Hall–Kier alpha value is -2.76. The van der Waals surface area contributed by atoms with E-state index in [1.165, 1.54) is 12.1 Å². The van der Waals surface area contributed by atoms with E-state index in [0.717, 1.165) is 5.56 Å². The molecule has 0 bridgehead atoms. The lowest BCUT2D eigenvalue weighted by Gasteiger charge is -2.04. The van der Waals surface area contributed by atoms with E-state index in [1.54, 1.807) is 25.3 Å². The van der Waals surface area contributed by atoms with Crippen molar-refractivity contribution >= 4 is 17.1 Å². The topological polar surface area (TPSA) is 77.1 Å². The fourth-order valence-corrected chi connectivity index (χ4v) is 1.65. The summed E-state index contributed by atoms with van der Waals surface area (Å²) < 4.78 is 5.21. The molecule has 0 fully saturated rings. The zero-order valence-electron chi connectivity index (χ0n) is 11.1. The number of nitrogens with zero attached hydrogens (tertiary/aromatic N) is 3. The van der Waals surface area contributed by atoms with Crippen LogP contribution < -0.4 is 4.74 Å². The van der Waals surface area contributed by atoms with Crippen molar-refractivity contribution in [3.8, 4) is 5.75 Å². The maximum Gasteiger partial charge on any atom is 0.271 e. The van der Waals surface area contributed by atoms with Crippen molar-refractivity contribution < 1.29 is 9.66 Å². The number of hydrogen-bond donors (Lipinski definition) is 0. The lowest BCUT2D eigenvalue weighted by molar-refractivity contribution is -0.384. The summed E-state index contributed by atoms with van der Waals surface area (Å²) in [6.07, 6.45) is 0. The van der Waals surface area contributed by atoms with Gasteiger partial charge in [-0.2, -0.15) is 5.11 Å². The van der Waals surface area contributed by atoms with Crippen molar-refractivity contribution in [3.05, 3.63) is 58.1 Å². The van der Waals surface area contributed by atoms with E-state index in [-0.39, 0.29) is 5.69 Å². The number of benzene rings is 2. The predicted octanol–water partition coefficient (Wildman–Crippen LogP) is 4.33. The van der Waals surface area contributed by atoms with Crippen molar-refractivity contribution in [3.63, 3.8) is 0 Å². The molecule has 2 aromatic carbocycles. The summed E-state index contributed by atoms with van der Waals surface area (Å²) in [6.45, 7) is 1.95. The van der Waals surface area contributed by atoms with Gasteiger partial charge in [0.05, 0.1) is 17.7 Å². The molecule has 0 aromatic heterocycles.